The van der Waals surface area contributed by atoms with Crippen LogP contribution in [0.4, 0.5) is 0 Å². The highest BCUT2D eigenvalue weighted by molar-refractivity contribution is 5.76. The predicted octanol–water partition coefficient (Wildman–Crippen LogP) is 2.30. The first-order valence-corrected chi connectivity index (χ1v) is 6.27. The third-order valence-electron chi connectivity index (χ3n) is 2.58. The minimum atomic E-state index is 0.0851. The summed E-state index contributed by atoms with van der Waals surface area (Å²) >= 11 is 0. The lowest BCUT2D eigenvalue weighted by atomic mass is 9.84. The number of carbonyl (C=O) groups is 1. The van der Waals surface area contributed by atoms with Crippen molar-refractivity contribution in [1.29, 1.82) is 0 Å². The average molecular weight is 228 g/mol. The van der Waals surface area contributed by atoms with E-state index in [1.807, 2.05) is 6.92 Å². The molecule has 3 heteroatoms. The Balaban J connectivity index is 3.79. The molecule has 2 unspecified atom stereocenters. The maximum absolute atomic E-state index is 11.6. The van der Waals surface area contributed by atoms with Crippen LogP contribution in [0.5, 0.6) is 0 Å². The Hall–Kier alpha value is -0.570. The Labute approximate surface area is 100 Å². The van der Waals surface area contributed by atoms with E-state index in [1.165, 1.54) is 0 Å². The lowest BCUT2D eigenvalue weighted by molar-refractivity contribution is -0.122. The van der Waals surface area contributed by atoms with Crippen LogP contribution in [-0.4, -0.2) is 18.5 Å². The van der Waals surface area contributed by atoms with Gasteiger partial charge in [0.15, 0.2) is 0 Å². The smallest absolute Gasteiger partial charge is 0.220 e. The van der Waals surface area contributed by atoms with E-state index >= 15 is 0 Å². The number of nitrogens with two attached hydrogens (primary N) is 1. The van der Waals surface area contributed by atoms with Gasteiger partial charge < -0.3 is 11.1 Å². The number of carbonyl (C=O) groups excluding carboxylic acids is 1. The van der Waals surface area contributed by atoms with Gasteiger partial charge in [-0.25, -0.2) is 0 Å². The summed E-state index contributed by atoms with van der Waals surface area (Å²) in [5.74, 6) is 0.554. The summed E-state index contributed by atoms with van der Waals surface area (Å²) in [6.45, 7) is 11.4. The highest BCUT2D eigenvalue weighted by Crippen LogP contribution is 2.25. The van der Waals surface area contributed by atoms with E-state index < -0.39 is 0 Å². The molecule has 96 valence electrons. The van der Waals surface area contributed by atoms with Gasteiger partial charge in [-0.15, -0.1) is 0 Å². The summed E-state index contributed by atoms with van der Waals surface area (Å²) in [5.41, 5.74) is 6.03. The van der Waals surface area contributed by atoms with Crippen molar-refractivity contribution in [1.82, 2.24) is 5.32 Å². The fraction of sp³-hybridized carbons (Fsp3) is 0.923. The van der Waals surface area contributed by atoms with Crippen LogP contribution in [0, 0.1) is 11.3 Å². The molecule has 0 aromatic carbocycles. The Bertz CT molecular complexity index is 208. The molecular weight excluding hydrogens is 200 g/mol. The summed E-state index contributed by atoms with van der Waals surface area (Å²) < 4.78 is 0. The number of hydrogen-bond acceptors (Lipinski definition) is 2. The van der Waals surface area contributed by atoms with Crippen molar-refractivity contribution in [2.45, 2.75) is 59.9 Å². The quantitative estimate of drug-likeness (QED) is 0.733. The first kappa shape index (κ1) is 15.4. The van der Waals surface area contributed by atoms with E-state index in [-0.39, 0.29) is 11.9 Å². The normalized spacial score (nSPS) is 15.6. The van der Waals surface area contributed by atoms with Crippen molar-refractivity contribution < 1.29 is 4.79 Å². The molecule has 0 saturated carbocycles. The van der Waals surface area contributed by atoms with Crippen molar-refractivity contribution in [3.05, 3.63) is 0 Å². The maximum Gasteiger partial charge on any atom is 0.220 e. The van der Waals surface area contributed by atoms with Gasteiger partial charge in [0, 0.05) is 19.0 Å². The van der Waals surface area contributed by atoms with Crippen LogP contribution >= 0.6 is 0 Å². The van der Waals surface area contributed by atoms with Crippen molar-refractivity contribution >= 4 is 5.91 Å². The van der Waals surface area contributed by atoms with Crippen LogP contribution in [0.2, 0.25) is 0 Å². The Morgan fingerprint density at radius 3 is 2.38 bits per heavy atom. The maximum atomic E-state index is 11.6. The van der Waals surface area contributed by atoms with E-state index in [9.17, 15) is 4.79 Å². The zero-order chi connectivity index (χ0) is 12.8. The second-order valence-corrected chi connectivity index (χ2v) is 6.05. The molecule has 2 atom stereocenters. The van der Waals surface area contributed by atoms with E-state index in [1.54, 1.807) is 0 Å². The summed E-state index contributed by atoms with van der Waals surface area (Å²) in [5, 5.41) is 2.89. The SMILES string of the molecule is CCC(N)CNC(=O)CC(C)CC(C)(C)C. The number of amides is 1. The van der Waals surface area contributed by atoms with Crippen molar-refractivity contribution in [3.63, 3.8) is 0 Å². The molecule has 0 spiro atoms. The molecule has 0 aromatic rings. The molecule has 0 aliphatic carbocycles. The fourth-order valence-corrected chi connectivity index (χ4v) is 1.90. The third-order valence-corrected chi connectivity index (χ3v) is 2.58. The van der Waals surface area contributed by atoms with E-state index in [4.69, 9.17) is 5.73 Å². The molecule has 0 radical (unpaired) electrons. The Morgan fingerprint density at radius 2 is 1.94 bits per heavy atom. The number of rotatable bonds is 6. The summed E-state index contributed by atoms with van der Waals surface area (Å²) in [6.07, 6.45) is 2.58. The van der Waals surface area contributed by atoms with Crippen molar-refractivity contribution in [2.24, 2.45) is 17.1 Å². The van der Waals surface area contributed by atoms with Crippen LogP contribution in [0.25, 0.3) is 0 Å². The number of hydrogen-bond donors (Lipinski definition) is 2. The summed E-state index contributed by atoms with van der Waals surface area (Å²) in [6, 6.07) is 0.0851. The minimum Gasteiger partial charge on any atom is -0.355 e. The molecule has 0 aliphatic rings. The monoisotopic (exact) mass is 228 g/mol. The fourth-order valence-electron chi connectivity index (χ4n) is 1.90. The standard InChI is InChI=1S/C13H28N2O/c1-6-11(14)9-15-12(16)7-10(2)8-13(3,4)5/h10-11H,6-9,14H2,1-5H3,(H,15,16). The van der Waals surface area contributed by atoms with Gasteiger partial charge in [0.25, 0.3) is 0 Å². The molecule has 16 heavy (non-hydrogen) atoms. The van der Waals surface area contributed by atoms with Crippen molar-refractivity contribution in [2.75, 3.05) is 6.54 Å². The molecule has 3 nitrogen and oxygen atoms in total. The second kappa shape index (κ2) is 6.89. The van der Waals surface area contributed by atoms with E-state index in [2.05, 4.69) is 33.0 Å². The molecule has 3 N–H and O–H groups in total. The van der Waals surface area contributed by atoms with Crippen LogP contribution in [0.1, 0.15) is 53.9 Å². The van der Waals surface area contributed by atoms with Gasteiger partial charge in [-0.1, -0.05) is 34.6 Å². The lowest BCUT2D eigenvalue weighted by Gasteiger charge is -2.23. The van der Waals surface area contributed by atoms with Crippen LogP contribution < -0.4 is 11.1 Å². The third kappa shape index (κ3) is 8.72. The molecule has 0 aromatic heterocycles. The van der Waals surface area contributed by atoms with Gasteiger partial charge in [-0.3, -0.25) is 4.79 Å². The molecule has 0 aliphatic heterocycles. The first-order valence-electron chi connectivity index (χ1n) is 6.27. The molecule has 0 fully saturated rings. The largest absolute Gasteiger partial charge is 0.355 e. The Kier molecular flexibility index (Phi) is 6.65. The molecular formula is C13H28N2O. The van der Waals surface area contributed by atoms with Crippen LogP contribution in [0.15, 0.2) is 0 Å². The Morgan fingerprint density at radius 1 is 1.38 bits per heavy atom. The van der Waals surface area contributed by atoms with Gasteiger partial charge in [-0.05, 0) is 24.2 Å². The van der Waals surface area contributed by atoms with Gasteiger partial charge >= 0.3 is 0 Å². The van der Waals surface area contributed by atoms with E-state index in [0.29, 0.717) is 24.3 Å². The molecule has 0 bridgehead atoms. The summed E-state index contributed by atoms with van der Waals surface area (Å²) in [7, 11) is 0. The minimum absolute atomic E-state index is 0.0851. The predicted molar refractivity (Wildman–Crippen MR) is 69.1 cm³/mol. The first-order chi connectivity index (χ1) is 7.24. The average Bonchev–Trinajstić information content (AvgIpc) is 2.10. The van der Waals surface area contributed by atoms with Gasteiger partial charge in [0.1, 0.15) is 0 Å². The summed E-state index contributed by atoms with van der Waals surface area (Å²) in [4.78, 5) is 11.6. The second-order valence-electron chi connectivity index (χ2n) is 6.05. The van der Waals surface area contributed by atoms with Crippen molar-refractivity contribution in [3.8, 4) is 0 Å². The highest BCUT2D eigenvalue weighted by atomic mass is 16.1. The molecule has 0 heterocycles. The lowest BCUT2D eigenvalue weighted by Crippen LogP contribution is -2.37. The molecule has 0 saturated heterocycles. The number of nitrogens with one attached hydrogen (secondary N) is 1. The highest BCUT2D eigenvalue weighted by Gasteiger charge is 2.17. The van der Waals surface area contributed by atoms with Gasteiger partial charge in [0.05, 0.1) is 0 Å². The zero-order valence-corrected chi connectivity index (χ0v) is 11.5. The molecule has 0 rings (SSSR count). The zero-order valence-electron chi connectivity index (χ0n) is 11.5. The van der Waals surface area contributed by atoms with Crippen LogP contribution in [0.3, 0.4) is 0 Å². The van der Waals surface area contributed by atoms with Gasteiger partial charge in [-0.2, -0.15) is 0 Å². The van der Waals surface area contributed by atoms with Crippen LogP contribution in [-0.2, 0) is 4.79 Å². The topological polar surface area (TPSA) is 55.1 Å². The van der Waals surface area contributed by atoms with Gasteiger partial charge in [0.2, 0.25) is 5.91 Å². The van der Waals surface area contributed by atoms with E-state index in [0.717, 1.165) is 12.8 Å². The molecule has 1 amide bonds.